The smallest absolute Gasteiger partial charge is 0.255 e. The van der Waals surface area contributed by atoms with Crippen LogP contribution in [-0.2, 0) is 9.47 Å². The summed E-state index contributed by atoms with van der Waals surface area (Å²) in [4.78, 5) is 27.8. The Bertz CT molecular complexity index is 1150. The number of Topliss-reactive ketones (excluding diaryl/α,β-unsaturated/α-hetero) is 1. The molecule has 5 rings (SSSR count). The van der Waals surface area contributed by atoms with E-state index in [0.717, 1.165) is 69.3 Å². The molecular formula is C35H51FN2O6S. The fourth-order valence-electron chi connectivity index (χ4n) is 5.19. The van der Waals surface area contributed by atoms with Crippen molar-refractivity contribution in [3.8, 4) is 11.6 Å². The topological polar surface area (TPSA) is 96.0 Å². The first-order valence-electron chi connectivity index (χ1n) is 16.6. The van der Waals surface area contributed by atoms with Crippen LogP contribution >= 0.6 is 11.8 Å². The van der Waals surface area contributed by atoms with Crippen LogP contribution in [0.25, 0.3) is 0 Å². The highest BCUT2D eigenvalue weighted by Gasteiger charge is 2.21. The minimum Gasteiger partial charge on any atom is -0.490 e. The summed E-state index contributed by atoms with van der Waals surface area (Å²) in [5.74, 6) is 2.21. The van der Waals surface area contributed by atoms with E-state index in [1.165, 1.54) is 38.7 Å². The predicted molar refractivity (Wildman–Crippen MR) is 177 cm³/mol. The van der Waals surface area contributed by atoms with Crippen LogP contribution in [0.5, 0.6) is 11.6 Å². The summed E-state index contributed by atoms with van der Waals surface area (Å²) in [5, 5.41) is 3.15. The number of nitrogens with zero attached hydrogens (tertiary/aromatic N) is 1. The minimum atomic E-state index is -0.512. The van der Waals surface area contributed by atoms with E-state index in [-0.39, 0.29) is 35.5 Å². The molecule has 1 aromatic carbocycles. The Morgan fingerprint density at radius 1 is 0.978 bits per heavy atom. The van der Waals surface area contributed by atoms with Crippen LogP contribution in [0.3, 0.4) is 0 Å². The van der Waals surface area contributed by atoms with Crippen molar-refractivity contribution >= 4 is 23.5 Å². The number of nitrogens with one attached hydrogen (secondary N) is 1. The van der Waals surface area contributed by atoms with Crippen molar-refractivity contribution < 1.29 is 32.9 Å². The molecule has 0 radical (unpaired) electrons. The van der Waals surface area contributed by atoms with Crippen LogP contribution < -0.4 is 14.8 Å². The van der Waals surface area contributed by atoms with Gasteiger partial charge in [0.25, 0.3) is 5.91 Å². The standard InChI is InChI=1S/C20H29NO4.C12H14FNO2S.C3H8/c22-20(21-16-8-2-1-3-9-16)17-10-4-5-11-18(17)23-14-15-25-19-12-6-7-13-24-19;1-8(15)11-6-9(13)7-14-12(11)16-10-2-4-17-5-3-10;1-3-2/h4-5,10-11,16,19H,1-3,6-9,12-15H2,(H,21,22);6-7,10H,2-5H2,1H3;3H2,1-2H3. The molecule has 1 N–H and O–H groups in total. The molecule has 2 aromatic rings. The van der Waals surface area contributed by atoms with Gasteiger partial charge in [-0.05, 0) is 81.6 Å². The lowest BCUT2D eigenvalue weighted by atomic mass is 9.95. The second-order valence-electron chi connectivity index (χ2n) is 11.5. The number of thioether (sulfide) groups is 1. The molecule has 1 saturated carbocycles. The molecule has 250 valence electrons. The average molecular weight is 647 g/mol. The number of para-hydroxylation sites is 1. The summed E-state index contributed by atoms with van der Waals surface area (Å²) in [6, 6.07) is 8.89. The van der Waals surface area contributed by atoms with Crippen molar-refractivity contribution in [1.29, 1.82) is 0 Å². The van der Waals surface area contributed by atoms with Gasteiger partial charge in [-0.25, -0.2) is 9.37 Å². The quantitative estimate of drug-likeness (QED) is 0.207. The van der Waals surface area contributed by atoms with Gasteiger partial charge in [-0.3, -0.25) is 9.59 Å². The number of rotatable bonds is 10. The summed E-state index contributed by atoms with van der Waals surface area (Å²) >= 11 is 1.89. The van der Waals surface area contributed by atoms with E-state index < -0.39 is 5.82 Å². The minimum absolute atomic E-state index is 0.0426. The number of ketones is 1. The highest BCUT2D eigenvalue weighted by Crippen LogP contribution is 2.25. The van der Waals surface area contributed by atoms with Gasteiger partial charge in [-0.15, -0.1) is 0 Å². The zero-order valence-electron chi connectivity index (χ0n) is 27.2. The first-order chi connectivity index (χ1) is 21.9. The fourth-order valence-corrected chi connectivity index (χ4v) is 6.25. The number of carbonyl (C=O) groups excluding carboxylic acids is 2. The number of carbonyl (C=O) groups is 2. The van der Waals surface area contributed by atoms with Gasteiger partial charge in [0.1, 0.15) is 24.3 Å². The molecular weight excluding hydrogens is 595 g/mol. The molecule has 3 fully saturated rings. The van der Waals surface area contributed by atoms with E-state index in [1.54, 1.807) is 0 Å². The maximum atomic E-state index is 13.0. The third-order valence-corrected chi connectivity index (χ3v) is 8.55. The fraction of sp³-hybridized carbons (Fsp3) is 0.629. The van der Waals surface area contributed by atoms with Crippen molar-refractivity contribution in [2.24, 2.45) is 0 Å². The van der Waals surface area contributed by atoms with Crippen molar-refractivity contribution in [1.82, 2.24) is 10.3 Å². The molecule has 10 heteroatoms. The van der Waals surface area contributed by atoms with Gasteiger partial charge < -0.3 is 24.3 Å². The zero-order chi connectivity index (χ0) is 32.3. The molecule has 45 heavy (non-hydrogen) atoms. The molecule has 2 aliphatic heterocycles. The zero-order valence-corrected chi connectivity index (χ0v) is 28.0. The van der Waals surface area contributed by atoms with Gasteiger partial charge in [0.05, 0.1) is 23.9 Å². The highest BCUT2D eigenvalue weighted by atomic mass is 32.2. The largest absolute Gasteiger partial charge is 0.490 e. The second kappa shape index (κ2) is 21.2. The first kappa shape index (κ1) is 36.8. The van der Waals surface area contributed by atoms with Crippen molar-refractivity contribution in [3.05, 3.63) is 53.5 Å². The molecule has 8 nitrogen and oxygen atoms in total. The van der Waals surface area contributed by atoms with E-state index >= 15 is 0 Å². The Morgan fingerprint density at radius 3 is 2.38 bits per heavy atom. The summed E-state index contributed by atoms with van der Waals surface area (Å²) in [7, 11) is 0. The van der Waals surface area contributed by atoms with Gasteiger partial charge in [0.15, 0.2) is 12.1 Å². The normalized spacial score (nSPS) is 18.8. The number of ether oxygens (including phenoxy) is 4. The lowest BCUT2D eigenvalue weighted by molar-refractivity contribution is -0.165. The number of benzene rings is 1. The number of hydrogen-bond donors (Lipinski definition) is 1. The Balaban J connectivity index is 0.000000240. The maximum Gasteiger partial charge on any atom is 0.255 e. The van der Waals surface area contributed by atoms with Gasteiger partial charge in [0, 0.05) is 12.6 Å². The van der Waals surface area contributed by atoms with Gasteiger partial charge in [0.2, 0.25) is 5.88 Å². The number of hydrogen-bond acceptors (Lipinski definition) is 8. The van der Waals surface area contributed by atoms with Crippen LogP contribution in [0.2, 0.25) is 0 Å². The van der Waals surface area contributed by atoms with E-state index in [4.69, 9.17) is 18.9 Å². The van der Waals surface area contributed by atoms with Crippen LogP contribution in [0, 0.1) is 5.82 Å². The third kappa shape index (κ3) is 13.7. The summed E-state index contributed by atoms with van der Waals surface area (Å²) in [6.07, 6.45) is 13.2. The molecule has 1 amide bonds. The molecule has 1 aliphatic carbocycles. The van der Waals surface area contributed by atoms with Crippen molar-refractivity contribution in [2.75, 3.05) is 31.3 Å². The molecule has 1 unspecified atom stereocenters. The second-order valence-corrected chi connectivity index (χ2v) is 12.7. The molecule has 1 aromatic heterocycles. The number of pyridine rings is 1. The average Bonchev–Trinajstić information content (AvgIpc) is 3.06. The Morgan fingerprint density at radius 2 is 1.69 bits per heavy atom. The van der Waals surface area contributed by atoms with Crippen LogP contribution in [0.1, 0.15) is 112 Å². The van der Waals surface area contributed by atoms with Crippen LogP contribution in [0.4, 0.5) is 4.39 Å². The first-order valence-corrected chi connectivity index (χ1v) is 17.7. The summed E-state index contributed by atoms with van der Waals surface area (Å²) < 4.78 is 35.7. The molecule has 0 spiro atoms. The van der Waals surface area contributed by atoms with E-state index in [2.05, 4.69) is 24.1 Å². The van der Waals surface area contributed by atoms with E-state index in [9.17, 15) is 14.0 Å². The predicted octanol–water partition coefficient (Wildman–Crippen LogP) is 7.79. The molecule has 0 bridgehead atoms. The lowest BCUT2D eigenvalue weighted by Crippen LogP contribution is -2.36. The Hall–Kier alpha value is -2.69. The summed E-state index contributed by atoms with van der Waals surface area (Å²) in [5.41, 5.74) is 0.824. The van der Waals surface area contributed by atoms with E-state index in [1.807, 2.05) is 36.0 Å². The van der Waals surface area contributed by atoms with E-state index in [0.29, 0.717) is 30.6 Å². The van der Waals surface area contributed by atoms with Gasteiger partial charge in [-0.1, -0.05) is 51.7 Å². The Kier molecular flexibility index (Phi) is 17.3. The lowest BCUT2D eigenvalue weighted by Gasteiger charge is -2.24. The molecule has 1 atom stereocenters. The summed E-state index contributed by atoms with van der Waals surface area (Å²) in [6.45, 7) is 7.28. The van der Waals surface area contributed by atoms with Gasteiger partial charge >= 0.3 is 0 Å². The van der Waals surface area contributed by atoms with Crippen molar-refractivity contribution in [3.63, 3.8) is 0 Å². The third-order valence-electron chi connectivity index (χ3n) is 7.50. The number of amides is 1. The van der Waals surface area contributed by atoms with Crippen LogP contribution in [0.15, 0.2) is 36.5 Å². The number of halogens is 1. The molecule has 3 aliphatic rings. The Labute approximate surface area is 272 Å². The highest BCUT2D eigenvalue weighted by molar-refractivity contribution is 7.99. The monoisotopic (exact) mass is 646 g/mol. The number of aromatic nitrogens is 1. The van der Waals surface area contributed by atoms with Crippen LogP contribution in [-0.4, -0.2) is 66.4 Å². The molecule has 3 heterocycles. The SMILES string of the molecule is CC(=O)c1cc(F)cnc1OC1CCSCC1.CCC.O=C(NC1CCCCC1)c1ccccc1OCCOC1CCCCO1. The van der Waals surface area contributed by atoms with Crippen molar-refractivity contribution in [2.45, 2.75) is 110 Å². The maximum absolute atomic E-state index is 13.0. The molecule has 2 saturated heterocycles. The van der Waals surface area contributed by atoms with Gasteiger partial charge in [-0.2, -0.15) is 11.8 Å².